The predicted octanol–water partition coefficient (Wildman–Crippen LogP) is 4.71. The van der Waals surface area contributed by atoms with Gasteiger partial charge in [0.1, 0.15) is 11.9 Å². The quantitative estimate of drug-likeness (QED) is 0.833. The van der Waals surface area contributed by atoms with Crippen molar-refractivity contribution in [2.24, 2.45) is 0 Å². The molecule has 1 unspecified atom stereocenters. The molecule has 0 bridgehead atoms. The van der Waals surface area contributed by atoms with Crippen LogP contribution >= 0.6 is 27.5 Å². The molecule has 1 fully saturated rings. The summed E-state index contributed by atoms with van der Waals surface area (Å²) in [5.41, 5.74) is 1.06. The van der Waals surface area contributed by atoms with Gasteiger partial charge in [-0.25, -0.2) is 0 Å². The fraction of sp³-hybridized carbons (Fsp3) is 0.600. The molecule has 0 aliphatic heterocycles. The van der Waals surface area contributed by atoms with E-state index in [1.165, 1.54) is 25.7 Å². The lowest BCUT2D eigenvalue weighted by atomic mass is 10.2. The SMILES string of the molecule is Cc1cc(Br)cc(Cl)c1OC(C)CNC1CCCC1. The molecular weight excluding hydrogens is 326 g/mol. The highest BCUT2D eigenvalue weighted by atomic mass is 79.9. The summed E-state index contributed by atoms with van der Waals surface area (Å²) in [5.74, 6) is 0.797. The van der Waals surface area contributed by atoms with Gasteiger partial charge in [-0.2, -0.15) is 0 Å². The number of benzene rings is 1. The minimum absolute atomic E-state index is 0.123. The molecule has 0 amide bonds. The van der Waals surface area contributed by atoms with E-state index in [1.807, 2.05) is 19.1 Å². The third-order valence-corrected chi connectivity index (χ3v) is 4.30. The summed E-state index contributed by atoms with van der Waals surface area (Å²) in [6.07, 6.45) is 5.42. The normalized spacial score (nSPS) is 17.7. The maximum Gasteiger partial charge on any atom is 0.141 e. The molecule has 1 aromatic carbocycles. The lowest BCUT2D eigenvalue weighted by molar-refractivity contribution is 0.210. The molecule has 0 heterocycles. The summed E-state index contributed by atoms with van der Waals surface area (Å²) in [4.78, 5) is 0. The summed E-state index contributed by atoms with van der Waals surface area (Å²) < 4.78 is 6.96. The molecule has 1 aliphatic carbocycles. The van der Waals surface area contributed by atoms with E-state index in [2.05, 4.69) is 28.2 Å². The highest BCUT2D eigenvalue weighted by Crippen LogP contribution is 2.32. The maximum absolute atomic E-state index is 6.23. The first-order valence-corrected chi connectivity index (χ1v) is 8.09. The molecule has 1 saturated carbocycles. The van der Waals surface area contributed by atoms with Crippen molar-refractivity contribution in [1.82, 2.24) is 5.32 Å². The van der Waals surface area contributed by atoms with Crippen molar-refractivity contribution in [3.63, 3.8) is 0 Å². The first-order valence-electron chi connectivity index (χ1n) is 6.92. The van der Waals surface area contributed by atoms with E-state index in [4.69, 9.17) is 16.3 Å². The maximum atomic E-state index is 6.23. The molecule has 0 radical (unpaired) electrons. The van der Waals surface area contributed by atoms with E-state index in [0.717, 1.165) is 22.3 Å². The van der Waals surface area contributed by atoms with Crippen LogP contribution < -0.4 is 10.1 Å². The molecule has 0 saturated heterocycles. The standard InChI is InChI=1S/C15H21BrClNO/c1-10-7-12(16)8-14(17)15(10)19-11(2)9-18-13-5-3-4-6-13/h7-8,11,13,18H,3-6,9H2,1-2H3. The van der Waals surface area contributed by atoms with E-state index in [0.29, 0.717) is 11.1 Å². The Bertz CT molecular complexity index is 409. The van der Waals surface area contributed by atoms with Crippen LogP contribution in [0.2, 0.25) is 5.02 Å². The first-order chi connectivity index (χ1) is 9.06. The van der Waals surface area contributed by atoms with E-state index in [-0.39, 0.29) is 6.10 Å². The number of hydrogen-bond donors (Lipinski definition) is 1. The number of halogens is 2. The van der Waals surface area contributed by atoms with Crippen LogP contribution in [0.3, 0.4) is 0 Å². The molecule has 1 aromatic rings. The van der Waals surface area contributed by atoms with Gasteiger partial charge in [0.25, 0.3) is 0 Å². The second kappa shape index (κ2) is 6.96. The Morgan fingerprint density at radius 2 is 2.11 bits per heavy atom. The highest BCUT2D eigenvalue weighted by Gasteiger charge is 2.16. The Kier molecular flexibility index (Phi) is 5.55. The van der Waals surface area contributed by atoms with Gasteiger partial charge < -0.3 is 10.1 Å². The van der Waals surface area contributed by atoms with Crippen molar-refractivity contribution in [2.75, 3.05) is 6.54 Å². The second-order valence-corrected chi connectivity index (χ2v) is 6.67. The average Bonchev–Trinajstić information content (AvgIpc) is 2.84. The largest absolute Gasteiger partial charge is 0.488 e. The minimum atomic E-state index is 0.123. The first kappa shape index (κ1) is 15.1. The molecule has 1 N–H and O–H groups in total. The van der Waals surface area contributed by atoms with Gasteiger partial charge in [0.15, 0.2) is 0 Å². The zero-order chi connectivity index (χ0) is 13.8. The summed E-state index contributed by atoms with van der Waals surface area (Å²) in [5, 5.41) is 4.24. The average molecular weight is 347 g/mol. The van der Waals surface area contributed by atoms with Gasteiger partial charge in [-0.3, -0.25) is 0 Å². The second-order valence-electron chi connectivity index (χ2n) is 5.35. The lowest BCUT2D eigenvalue weighted by Gasteiger charge is -2.20. The summed E-state index contributed by atoms with van der Waals surface area (Å²) in [6.45, 7) is 4.97. The number of aryl methyl sites for hydroxylation is 1. The monoisotopic (exact) mass is 345 g/mol. The van der Waals surface area contributed by atoms with Crippen LogP contribution in [-0.4, -0.2) is 18.7 Å². The van der Waals surface area contributed by atoms with Gasteiger partial charge in [0, 0.05) is 17.1 Å². The van der Waals surface area contributed by atoms with Crippen molar-refractivity contribution in [3.05, 3.63) is 27.2 Å². The Morgan fingerprint density at radius 3 is 2.74 bits per heavy atom. The van der Waals surface area contributed by atoms with Crippen LogP contribution in [0.15, 0.2) is 16.6 Å². The molecule has 0 aromatic heterocycles. The number of hydrogen-bond acceptors (Lipinski definition) is 2. The predicted molar refractivity (Wildman–Crippen MR) is 84.2 cm³/mol. The Labute approximate surface area is 129 Å². The van der Waals surface area contributed by atoms with E-state index in [9.17, 15) is 0 Å². The van der Waals surface area contributed by atoms with Crippen molar-refractivity contribution >= 4 is 27.5 Å². The zero-order valence-corrected chi connectivity index (χ0v) is 13.9. The van der Waals surface area contributed by atoms with E-state index >= 15 is 0 Å². The fourth-order valence-corrected chi connectivity index (χ4v) is 3.56. The van der Waals surface area contributed by atoms with Gasteiger partial charge >= 0.3 is 0 Å². The van der Waals surface area contributed by atoms with Crippen LogP contribution in [0.25, 0.3) is 0 Å². The molecule has 4 heteroatoms. The van der Waals surface area contributed by atoms with Gasteiger partial charge in [0.05, 0.1) is 5.02 Å². The lowest BCUT2D eigenvalue weighted by Crippen LogP contribution is -2.35. The molecule has 0 spiro atoms. The Hall–Kier alpha value is -0.250. The summed E-state index contributed by atoms with van der Waals surface area (Å²) in [7, 11) is 0. The topological polar surface area (TPSA) is 21.3 Å². The third-order valence-electron chi connectivity index (χ3n) is 3.56. The number of ether oxygens (including phenoxy) is 1. The van der Waals surface area contributed by atoms with E-state index in [1.54, 1.807) is 0 Å². The van der Waals surface area contributed by atoms with Crippen molar-refractivity contribution < 1.29 is 4.74 Å². The third kappa shape index (κ3) is 4.37. The van der Waals surface area contributed by atoms with Gasteiger partial charge in [-0.1, -0.05) is 40.4 Å². The molecule has 2 nitrogen and oxygen atoms in total. The smallest absolute Gasteiger partial charge is 0.141 e. The van der Waals surface area contributed by atoms with Gasteiger partial charge in [-0.05, 0) is 44.4 Å². The van der Waals surface area contributed by atoms with Crippen molar-refractivity contribution in [2.45, 2.75) is 51.7 Å². The zero-order valence-electron chi connectivity index (χ0n) is 11.5. The number of nitrogens with one attached hydrogen (secondary N) is 1. The van der Waals surface area contributed by atoms with Crippen LogP contribution in [0.4, 0.5) is 0 Å². The Balaban J connectivity index is 1.89. The van der Waals surface area contributed by atoms with Crippen LogP contribution in [0.5, 0.6) is 5.75 Å². The van der Waals surface area contributed by atoms with Crippen LogP contribution in [0, 0.1) is 6.92 Å². The van der Waals surface area contributed by atoms with Crippen LogP contribution in [-0.2, 0) is 0 Å². The summed E-state index contributed by atoms with van der Waals surface area (Å²) in [6, 6.07) is 4.58. The Morgan fingerprint density at radius 1 is 1.42 bits per heavy atom. The molecular formula is C15H21BrClNO. The number of rotatable bonds is 5. The van der Waals surface area contributed by atoms with Crippen molar-refractivity contribution in [3.8, 4) is 5.75 Å². The van der Waals surface area contributed by atoms with E-state index < -0.39 is 0 Å². The van der Waals surface area contributed by atoms with Crippen LogP contribution in [0.1, 0.15) is 38.2 Å². The summed E-state index contributed by atoms with van der Waals surface area (Å²) >= 11 is 9.67. The highest BCUT2D eigenvalue weighted by molar-refractivity contribution is 9.10. The van der Waals surface area contributed by atoms with Crippen molar-refractivity contribution in [1.29, 1.82) is 0 Å². The molecule has 2 rings (SSSR count). The molecule has 1 atom stereocenters. The van der Waals surface area contributed by atoms with Gasteiger partial charge in [-0.15, -0.1) is 0 Å². The minimum Gasteiger partial charge on any atom is -0.488 e. The fourth-order valence-electron chi connectivity index (χ4n) is 2.54. The molecule has 1 aliphatic rings. The molecule has 19 heavy (non-hydrogen) atoms. The van der Waals surface area contributed by atoms with Gasteiger partial charge in [0.2, 0.25) is 0 Å². The molecule has 106 valence electrons.